The lowest BCUT2D eigenvalue weighted by atomic mass is 10.7. The van der Waals surface area contributed by atoms with E-state index in [2.05, 4.69) is 9.73 Å². The molecule has 9 heavy (non-hydrogen) atoms. The molecule has 0 atom stereocenters. The lowest BCUT2D eigenvalue weighted by molar-refractivity contribution is 0.375. The fraction of sp³-hybridized carbons (Fsp3) is 0.333. The molecule has 0 saturated heterocycles. The first-order valence-corrected chi connectivity index (χ1v) is 3.19. The Balaban J connectivity index is 3.07. The van der Waals surface area contributed by atoms with Crippen LogP contribution in [0.2, 0.25) is 0 Å². The summed E-state index contributed by atoms with van der Waals surface area (Å²) in [4.78, 5) is 3.32. The first-order valence-electron chi connectivity index (χ1n) is 2.12. The van der Waals surface area contributed by atoms with Crippen LogP contribution in [0, 0.1) is 0 Å². The predicted octanol–water partition coefficient (Wildman–Crippen LogP) is -1.66. The Morgan fingerprint density at radius 1 is 1.67 bits per heavy atom. The van der Waals surface area contributed by atoms with E-state index in [1.165, 1.54) is 0 Å². The van der Waals surface area contributed by atoms with Crippen LogP contribution >= 0.6 is 0 Å². The second kappa shape index (κ2) is 2.06. The second-order valence-corrected chi connectivity index (χ2v) is 2.31. The van der Waals surface area contributed by atoms with Gasteiger partial charge in [-0.2, -0.15) is 13.4 Å². The van der Waals surface area contributed by atoms with E-state index in [1.807, 2.05) is 0 Å². The molecule has 50 valence electrons. The average molecular weight is 148 g/mol. The van der Waals surface area contributed by atoms with Crippen molar-refractivity contribution < 1.29 is 13.2 Å². The molecule has 0 bridgehead atoms. The molecular formula is C3H4N2O3S. The number of nitrogens with zero attached hydrogens (tertiary/aromatic N) is 1. The van der Waals surface area contributed by atoms with Crippen molar-refractivity contribution >= 4 is 21.3 Å². The normalized spacial score (nSPS) is 16.9. The molecule has 0 unspecified atom stereocenters. The Kier molecular flexibility index (Phi) is 1.39. The largest absolute Gasteiger partial charge is 0.458 e. The van der Waals surface area contributed by atoms with Crippen LogP contribution in [-0.4, -0.2) is 26.0 Å². The van der Waals surface area contributed by atoms with Crippen LogP contribution in [0.15, 0.2) is 4.99 Å². The maximum atomic E-state index is 10.1. The molecule has 0 aromatic heterocycles. The summed E-state index contributed by atoms with van der Waals surface area (Å²) in [5.74, 6) is 0. The van der Waals surface area contributed by atoms with Gasteiger partial charge in [-0.3, -0.25) is 0 Å². The minimum atomic E-state index is -2.29. The quantitative estimate of drug-likeness (QED) is 0.417. The van der Waals surface area contributed by atoms with Gasteiger partial charge in [-0.15, -0.1) is 0 Å². The number of aliphatic imine (C=N–C) groups is 1. The lowest BCUT2D eigenvalue weighted by Gasteiger charge is -1.85. The minimum Gasteiger partial charge on any atom is -0.458 e. The van der Waals surface area contributed by atoms with Crippen molar-refractivity contribution in [3.8, 4) is 0 Å². The van der Waals surface area contributed by atoms with Crippen molar-refractivity contribution in [1.29, 1.82) is 0 Å². The molecule has 5 nitrogen and oxygen atoms in total. The van der Waals surface area contributed by atoms with Crippen molar-refractivity contribution in [3.63, 3.8) is 0 Å². The fourth-order valence-electron chi connectivity index (χ4n) is 0.409. The molecule has 1 heterocycles. The van der Waals surface area contributed by atoms with Crippen LogP contribution < -0.4 is 5.73 Å². The molecule has 1 aliphatic heterocycles. The Hall–Kier alpha value is -1.04. The van der Waals surface area contributed by atoms with E-state index in [9.17, 15) is 8.42 Å². The molecule has 0 amide bonds. The fourth-order valence-corrected chi connectivity index (χ4v) is 0.728. The molecule has 0 aromatic carbocycles. The lowest BCUT2D eigenvalue weighted by Crippen LogP contribution is -2.10. The van der Waals surface area contributed by atoms with Crippen LogP contribution in [0.5, 0.6) is 0 Å². The van der Waals surface area contributed by atoms with Gasteiger partial charge in [0.2, 0.25) is 15.3 Å². The first-order chi connectivity index (χ1) is 4.20. The molecule has 0 fully saturated rings. The summed E-state index contributed by atoms with van der Waals surface area (Å²) in [6.45, 7) is -0.0397. The number of rotatable bonds is 0. The van der Waals surface area contributed by atoms with Crippen LogP contribution in [0.3, 0.4) is 0 Å². The Labute approximate surface area is 52.7 Å². The SMILES string of the molecule is NC1=NC(=S(=O)=O)CO1. The zero-order valence-electron chi connectivity index (χ0n) is 4.36. The topological polar surface area (TPSA) is 81.8 Å². The third kappa shape index (κ3) is 1.20. The van der Waals surface area contributed by atoms with Crippen LogP contribution in [0.1, 0.15) is 0 Å². The third-order valence-electron chi connectivity index (χ3n) is 0.771. The standard InChI is InChI=1S/C3H4N2O3S/c4-3-5-2(1-8-3)9(6)7/h1H2,(H2,4,5). The summed E-state index contributed by atoms with van der Waals surface area (Å²) in [7, 11) is -2.29. The first kappa shape index (κ1) is 6.09. The molecule has 1 aliphatic rings. The van der Waals surface area contributed by atoms with E-state index >= 15 is 0 Å². The average Bonchev–Trinajstić information content (AvgIpc) is 2.14. The predicted molar refractivity (Wildman–Crippen MR) is 31.5 cm³/mol. The smallest absolute Gasteiger partial charge is 0.288 e. The van der Waals surface area contributed by atoms with E-state index in [0.717, 1.165) is 0 Å². The number of hydrogen-bond donors (Lipinski definition) is 1. The highest BCUT2D eigenvalue weighted by atomic mass is 32.2. The molecule has 6 heteroatoms. The van der Waals surface area contributed by atoms with Crippen LogP contribution in [0.25, 0.3) is 0 Å². The van der Waals surface area contributed by atoms with Gasteiger partial charge in [0.1, 0.15) is 6.61 Å². The van der Waals surface area contributed by atoms with Crippen LogP contribution in [0.4, 0.5) is 0 Å². The van der Waals surface area contributed by atoms with Crippen molar-refractivity contribution in [2.45, 2.75) is 0 Å². The summed E-state index contributed by atoms with van der Waals surface area (Å²) >= 11 is 0. The number of amidine groups is 1. The van der Waals surface area contributed by atoms with Gasteiger partial charge in [-0.25, -0.2) is 0 Å². The van der Waals surface area contributed by atoms with Gasteiger partial charge in [-0.1, -0.05) is 0 Å². The van der Waals surface area contributed by atoms with Gasteiger partial charge >= 0.3 is 0 Å². The summed E-state index contributed by atoms with van der Waals surface area (Å²) in [6.07, 6.45) is 0. The van der Waals surface area contributed by atoms with Crippen molar-refractivity contribution in [2.75, 3.05) is 6.61 Å². The molecule has 0 saturated carbocycles. The Morgan fingerprint density at radius 2 is 2.33 bits per heavy atom. The zero-order valence-corrected chi connectivity index (χ0v) is 5.18. The van der Waals surface area contributed by atoms with Crippen molar-refractivity contribution in [2.24, 2.45) is 10.7 Å². The number of nitrogens with two attached hydrogens (primary N) is 1. The van der Waals surface area contributed by atoms with E-state index < -0.39 is 10.3 Å². The van der Waals surface area contributed by atoms with Gasteiger partial charge in [0, 0.05) is 0 Å². The second-order valence-electron chi connectivity index (χ2n) is 1.37. The number of hydrogen-bond acceptors (Lipinski definition) is 4. The molecule has 0 aromatic rings. The van der Waals surface area contributed by atoms with Gasteiger partial charge in [-0.05, 0) is 0 Å². The summed E-state index contributed by atoms with van der Waals surface area (Å²) in [6, 6.07) is -0.0887. The highest BCUT2D eigenvalue weighted by Gasteiger charge is 2.10. The Bertz CT molecular complexity index is 267. The molecule has 0 radical (unpaired) electrons. The van der Waals surface area contributed by atoms with Crippen molar-refractivity contribution in [3.05, 3.63) is 0 Å². The molecular weight excluding hydrogens is 144 g/mol. The van der Waals surface area contributed by atoms with Crippen LogP contribution in [-0.2, 0) is 15.0 Å². The molecule has 0 aliphatic carbocycles. The molecule has 2 N–H and O–H groups in total. The molecule has 1 rings (SSSR count). The third-order valence-corrected chi connectivity index (χ3v) is 1.36. The van der Waals surface area contributed by atoms with Gasteiger partial charge < -0.3 is 10.5 Å². The highest BCUT2D eigenvalue weighted by Crippen LogP contribution is 1.90. The maximum Gasteiger partial charge on any atom is 0.288 e. The Morgan fingerprint density at radius 3 is 2.56 bits per heavy atom. The summed E-state index contributed by atoms with van der Waals surface area (Å²) < 4.78 is 24.7. The van der Waals surface area contributed by atoms with E-state index in [0.29, 0.717) is 0 Å². The maximum absolute atomic E-state index is 10.1. The summed E-state index contributed by atoms with van der Waals surface area (Å²) in [5, 5.41) is 0. The highest BCUT2D eigenvalue weighted by molar-refractivity contribution is 7.73. The van der Waals surface area contributed by atoms with Gasteiger partial charge in [0.25, 0.3) is 6.02 Å². The summed E-state index contributed by atoms with van der Waals surface area (Å²) in [5.41, 5.74) is 5.00. The zero-order chi connectivity index (χ0) is 6.85. The minimum absolute atomic E-state index is 0.0397. The van der Waals surface area contributed by atoms with E-state index in [4.69, 9.17) is 5.73 Å². The van der Waals surface area contributed by atoms with E-state index in [1.54, 1.807) is 0 Å². The van der Waals surface area contributed by atoms with E-state index in [-0.39, 0.29) is 17.6 Å². The molecule has 0 spiro atoms. The van der Waals surface area contributed by atoms with Crippen molar-refractivity contribution in [1.82, 2.24) is 0 Å². The van der Waals surface area contributed by atoms with Gasteiger partial charge in [0.05, 0.1) is 0 Å². The monoisotopic (exact) mass is 148 g/mol. The van der Waals surface area contributed by atoms with Gasteiger partial charge in [0.15, 0.2) is 0 Å². The number of ether oxygens (including phenoxy) is 1.